The number of nitrogens with one attached hydrogen (secondary N) is 2. The van der Waals surface area contributed by atoms with Gasteiger partial charge in [0.1, 0.15) is 0 Å². The molecule has 0 saturated carbocycles. The minimum absolute atomic E-state index is 0.0931. The zero-order chi connectivity index (χ0) is 16.5. The molecule has 23 heavy (non-hydrogen) atoms. The minimum Gasteiger partial charge on any atom is -0.343 e. The van der Waals surface area contributed by atoms with E-state index in [1.807, 2.05) is 4.90 Å². The highest BCUT2D eigenvalue weighted by Crippen LogP contribution is 2.16. The Kier molecular flexibility index (Phi) is 7.65. The Morgan fingerprint density at radius 2 is 1.83 bits per heavy atom. The molecule has 2 fully saturated rings. The van der Waals surface area contributed by atoms with E-state index in [0.717, 1.165) is 45.4 Å². The van der Waals surface area contributed by atoms with Gasteiger partial charge in [0, 0.05) is 45.2 Å². The molecule has 0 aromatic carbocycles. The van der Waals surface area contributed by atoms with Gasteiger partial charge in [-0.3, -0.25) is 4.79 Å². The summed E-state index contributed by atoms with van der Waals surface area (Å²) in [5, 5.41) is 5.78. The number of rotatable bonds is 8. The van der Waals surface area contributed by atoms with Gasteiger partial charge >= 0.3 is 6.03 Å². The molecule has 0 radical (unpaired) electrons. The molecule has 0 aromatic heterocycles. The van der Waals surface area contributed by atoms with Crippen molar-refractivity contribution in [2.45, 2.75) is 57.9 Å². The van der Waals surface area contributed by atoms with Crippen LogP contribution < -0.4 is 10.6 Å². The van der Waals surface area contributed by atoms with Crippen molar-refractivity contribution in [1.29, 1.82) is 0 Å². The Morgan fingerprint density at radius 1 is 1.09 bits per heavy atom. The third-order valence-electron chi connectivity index (χ3n) is 4.91. The van der Waals surface area contributed by atoms with E-state index in [0.29, 0.717) is 19.0 Å². The highest BCUT2D eigenvalue weighted by molar-refractivity contribution is 5.78. The van der Waals surface area contributed by atoms with Crippen molar-refractivity contribution in [2.75, 3.05) is 39.3 Å². The van der Waals surface area contributed by atoms with Crippen molar-refractivity contribution in [3.8, 4) is 0 Å². The van der Waals surface area contributed by atoms with Gasteiger partial charge in [0.05, 0.1) is 0 Å². The monoisotopic (exact) mass is 324 g/mol. The third kappa shape index (κ3) is 6.37. The van der Waals surface area contributed by atoms with Crippen molar-refractivity contribution < 1.29 is 9.59 Å². The fourth-order valence-electron chi connectivity index (χ4n) is 3.45. The van der Waals surface area contributed by atoms with Crippen LogP contribution in [-0.2, 0) is 4.79 Å². The van der Waals surface area contributed by atoms with Gasteiger partial charge < -0.3 is 20.4 Å². The van der Waals surface area contributed by atoms with Crippen LogP contribution in [0.4, 0.5) is 4.79 Å². The molecule has 2 heterocycles. The lowest BCUT2D eigenvalue weighted by Gasteiger charge is -2.33. The molecule has 2 aliphatic heterocycles. The van der Waals surface area contributed by atoms with Gasteiger partial charge in [-0.05, 0) is 45.6 Å². The maximum atomic E-state index is 11.7. The number of hydrogen-bond donors (Lipinski definition) is 2. The Bertz CT molecular complexity index is 389. The van der Waals surface area contributed by atoms with Gasteiger partial charge in [0.2, 0.25) is 5.91 Å². The first kappa shape index (κ1) is 18.0. The molecule has 1 atom stereocenters. The van der Waals surface area contributed by atoms with Crippen LogP contribution in [0.1, 0.15) is 51.9 Å². The molecule has 2 rings (SSSR count). The molecule has 2 saturated heterocycles. The van der Waals surface area contributed by atoms with Crippen molar-refractivity contribution in [2.24, 2.45) is 0 Å². The van der Waals surface area contributed by atoms with E-state index in [4.69, 9.17) is 0 Å². The lowest BCUT2D eigenvalue weighted by atomic mass is 10.0. The van der Waals surface area contributed by atoms with Gasteiger partial charge in [-0.15, -0.1) is 0 Å². The summed E-state index contributed by atoms with van der Waals surface area (Å²) in [5.74, 6) is 0.251. The second-order valence-corrected chi connectivity index (χ2v) is 6.75. The highest BCUT2D eigenvalue weighted by Gasteiger charge is 2.19. The number of amides is 3. The van der Waals surface area contributed by atoms with Crippen LogP contribution in [0.25, 0.3) is 0 Å². The summed E-state index contributed by atoms with van der Waals surface area (Å²) in [6.45, 7) is 7.54. The predicted octanol–water partition coefficient (Wildman–Crippen LogP) is 1.56. The van der Waals surface area contributed by atoms with Crippen molar-refractivity contribution >= 4 is 11.9 Å². The molecule has 3 amide bonds. The molecule has 1 unspecified atom stereocenters. The largest absolute Gasteiger partial charge is 0.343 e. The second kappa shape index (κ2) is 9.75. The van der Waals surface area contributed by atoms with Crippen LogP contribution in [0.5, 0.6) is 0 Å². The topological polar surface area (TPSA) is 64.7 Å². The zero-order valence-electron chi connectivity index (χ0n) is 14.5. The minimum atomic E-state index is -0.0931. The van der Waals surface area contributed by atoms with E-state index in [9.17, 15) is 9.59 Å². The van der Waals surface area contributed by atoms with Crippen LogP contribution >= 0.6 is 0 Å². The van der Waals surface area contributed by atoms with Gasteiger partial charge in [0.15, 0.2) is 0 Å². The molecule has 0 aromatic rings. The van der Waals surface area contributed by atoms with Gasteiger partial charge in [0.25, 0.3) is 0 Å². The van der Waals surface area contributed by atoms with Gasteiger partial charge in [-0.25, -0.2) is 4.79 Å². The van der Waals surface area contributed by atoms with E-state index in [1.165, 1.54) is 25.8 Å². The summed E-state index contributed by atoms with van der Waals surface area (Å²) in [4.78, 5) is 27.6. The van der Waals surface area contributed by atoms with Crippen LogP contribution in [0, 0.1) is 0 Å². The van der Waals surface area contributed by atoms with Crippen LogP contribution in [0.15, 0.2) is 0 Å². The molecule has 6 heteroatoms. The number of urea groups is 1. The number of hydrogen-bond acceptors (Lipinski definition) is 3. The highest BCUT2D eigenvalue weighted by atomic mass is 16.2. The van der Waals surface area contributed by atoms with Gasteiger partial charge in [-0.2, -0.15) is 0 Å². The van der Waals surface area contributed by atoms with Crippen LogP contribution in [0.2, 0.25) is 0 Å². The molecule has 0 spiro atoms. The van der Waals surface area contributed by atoms with Crippen molar-refractivity contribution in [1.82, 2.24) is 20.4 Å². The molecule has 2 N–H and O–H groups in total. The maximum absolute atomic E-state index is 11.7. The molecule has 0 bridgehead atoms. The van der Waals surface area contributed by atoms with E-state index < -0.39 is 0 Å². The number of nitrogens with zero attached hydrogens (tertiary/aromatic N) is 2. The number of piperidine rings is 1. The summed E-state index contributed by atoms with van der Waals surface area (Å²) in [5.41, 5.74) is 0. The Hall–Kier alpha value is -1.30. The van der Waals surface area contributed by atoms with E-state index in [1.54, 1.807) is 0 Å². The molecule has 2 aliphatic rings. The fourth-order valence-corrected chi connectivity index (χ4v) is 3.45. The molecular formula is C17H32N4O2. The first-order valence-electron chi connectivity index (χ1n) is 9.20. The summed E-state index contributed by atoms with van der Waals surface area (Å²) in [7, 11) is 0. The maximum Gasteiger partial charge on any atom is 0.314 e. The lowest BCUT2D eigenvalue weighted by molar-refractivity contribution is -0.127. The Balaban J connectivity index is 1.44. The molecule has 0 aliphatic carbocycles. The van der Waals surface area contributed by atoms with Crippen molar-refractivity contribution in [3.63, 3.8) is 0 Å². The summed E-state index contributed by atoms with van der Waals surface area (Å²) >= 11 is 0. The summed E-state index contributed by atoms with van der Waals surface area (Å²) in [6, 6.07) is 0.593. The summed E-state index contributed by atoms with van der Waals surface area (Å²) < 4.78 is 0. The Labute approximate surface area is 140 Å². The van der Waals surface area contributed by atoms with Gasteiger partial charge in [-0.1, -0.05) is 6.42 Å². The molecule has 132 valence electrons. The standard InChI is InChI=1S/C17H32N4O2/c1-15-7-2-3-11-20(15)13-5-9-18-17(23)19-10-6-14-21-12-4-8-16(21)22/h15H,2-14H2,1H3,(H2,18,19,23). The Morgan fingerprint density at radius 3 is 2.48 bits per heavy atom. The predicted molar refractivity (Wildman–Crippen MR) is 91.3 cm³/mol. The van der Waals surface area contributed by atoms with Crippen LogP contribution in [0.3, 0.4) is 0 Å². The molecular weight excluding hydrogens is 292 g/mol. The number of likely N-dealkylation sites (tertiary alicyclic amines) is 2. The lowest BCUT2D eigenvalue weighted by Crippen LogP contribution is -2.41. The number of carbonyl (C=O) groups is 2. The van der Waals surface area contributed by atoms with Crippen LogP contribution in [-0.4, -0.2) is 67.0 Å². The quantitative estimate of drug-likeness (QED) is 0.666. The van der Waals surface area contributed by atoms with E-state index in [-0.39, 0.29) is 11.9 Å². The normalized spacial score (nSPS) is 22.4. The average Bonchev–Trinajstić information content (AvgIpc) is 2.95. The first-order valence-corrected chi connectivity index (χ1v) is 9.20. The van der Waals surface area contributed by atoms with Crippen molar-refractivity contribution in [3.05, 3.63) is 0 Å². The third-order valence-corrected chi connectivity index (χ3v) is 4.91. The van der Waals surface area contributed by atoms with E-state index in [2.05, 4.69) is 22.5 Å². The number of carbonyl (C=O) groups excluding carboxylic acids is 2. The SMILES string of the molecule is CC1CCCCN1CCCNC(=O)NCCCN1CCCC1=O. The smallest absolute Gasteiger partial charge is 0.314 e. The summed E-state index contributed by atoms with van der Waals surface area (Å²) in [6.07, 6.45) is 7.43. The fraction of sp³-hybridized carbons (Fsp3) is 0.882. The van der Waals surface area contributed by atoms with E-state index >= 15 is 0 Å². The zero-order valence-corrected chi connectivity index (χ0v) is 14.5. The first-order chi connectivity index (χ1) is 11.2. The molecule has 6 nitrogen and oxygen atoms in total. The second-order valence-electron chi connectivity index (χ2n) is 6.75. The average molecular weight is 324 g/mol.